The molecule has 0 bridgehead atoms. The van der Waals surface area contributed by atoms with Gasteiger partial charge >= 0.3 is 6.18 Å². The molecule has 1 aromatic heterocycles. The van der Waals surface area contributed by atoms with Crippen molar-refractivity contribution in [3.05, 3.63) is 52.7 Å². The van der Waals surface area contributed by atoms with E-state index >= 15 is 0 Å². The van der Waals surface area contributed by atoms with Crippen LogP contribution in [0.2, 0.25) is 5.15 Å². The molecule has 39 heavy (non-hydrogen) atoms. The summed E-state index contributed by atoms with van der Waals surface area (Å²) in [5, 5.41) is 10.8. The Bertz CT molecular complexity index is 1170. The molecular formula is C27H34ClF3N4O4. The van der Waals surface area contributed by atoms with E-state index in [-0.39, 0.29) is 23.4 Å². The maximum absolute atomic E-state index is 14.0. The molecule has 3 rings (SSSR count). The van der Waals surface area contributed by atoms with Crippen LogP contribution in [0.25, 0.3) is 0 Å². The highest BCUT2D eigenvalue weighted by molar-refractivity contribution is 6.32. The van der Waals surface area contributed by atoms with Crippen LogP contribution >= 0.6 is 11.6 Å². The lowest BCUT2D eigenvalue weighted by atomic mass is 9.90. The van der Waals surface area contributed by atoms with Gasteiger partial charge in [-0.05, 0) is 55.9 Å². The highest BCUT2D eigenvalue weighted by atomic mass is 35.5. The molecule has 0 unspecified atom stereocenters. The summed E-state index contributed by atoms with van der Waals surface area (Å²) in [6.45, 7) is 1.50. The summed E-state index contributed by atoms with van der Waals surface area (Å²) < 4.78 is 46.9. The van der Waals surface area contributed by atoms with Crippen LogP contribution in [0.4, 0.5) is 19.0 Å². The summed E-state index contributed by atoms with van der Waals surface area (Å²) in [6.07, 6.45) is -2.33. The number of rotatable bonds is 9. The number of aromatic nitrogens is 1. The average Bonchev–Trinajstić information content (AvgIpc) is 2.91. The Labute approximate surface area is 231 Å². The third-order valence-corrected chi connectivity index (χ3v) is 7.36. The van der Waals surface area contributed by atoms with Crippen LogP contribution in [0, 0.1) is 5.92 Å². The fourth-order valence-electron chi connectivity index (χ4n) is 4.70. The second-order valence-corrected chi connectivity index (χ2v) is 10.3. The second-order valence-electron chi connectivity index (χ2n) is 9.95. The highest BCUT2D eigenvalue weighted by Crippen LogP contribution is 2.41. The van der Waals surface area contributed by atoms with Gasteiger partial charge in [-0.2, -0.15) is 13.2 Å². The molecular weight excluding hydrogens is 537 g/mol. The first-order valence-corrected chi connectivity index (χ1v) is 13.0. The molecule has 1 fully saturated rings. The van der Waals surface area contributed by atoms with E-state index in [2.05, 4.69) is 9.88 Å². The van der Waals surface area contributed by atoms with Crippen LogP contribution in [-0.2, 0) is 10.4 Å². The number of alkyl halides is 3. The number of nitrogens with zero attached hydrogens (tertiary/aromatic N) is 4. The van der Waals surface area contributed by atoms with Crippen molar-refractivity contribution in [3.8, 4) is 5.75 Å². The number of hydrogen-bond acceptors (Lipinski definition) is 6. The number of hydrogen-bond donors (Lipinski definition) is 1. The normalized spacial score (nSPS) is 16.0. The summed E-state index contributed by atoms with van der Waals surface area (Å²) in [7, 11) is 5.84. The van der Waals surface area contributed by atoms with Crippen molar-refractivity contribution >= 4 is 29.2 Å². The van der Waals surface area contributed by atoms with Gasteiger partial charge in [-0.1, -0.05) is 23.7 Å². The first kappa shape index (κ1) is 30.5. The molecule has 1 saturated heterocycles. The van der Waals surface area contributed by atoms with E-state index in [0.29, 0.717) is 36.8 Å². The van der Waals surface area contributed by atoms with Crippen molar-refractivity contribution in [3.63, 3.8) is 0 Å². The number of benzene rings is 1. The van der Waals surface area contributed by atoms with Gasteiger partial charge in [0.25, 0.3) is 17.4 Å². The van der Waals surface area contributed by atoms with Crippen molar-refractivity contribution in [1.82, 2.24) is 14.8 Å². The Balaban J connectivity index is 1.55. The molecule has 1 aromatic carbocycles. The van der Waals surface area contributed by atoms with Crippen molar-refractivity contribution < 1.29 is 32.6 Å². The van der Waals surface area contributed by atoms with Crippen LogP contribution in [0.1, 0.15) is 41.6 Å². The monoisotopic (exact) mass is 570 g/mol. The zero-order chi connectivity index (χ0) is 29.0. The minimum absolute atomic E-state index is 0.0694. The van der Waals surface area contributed by atoms with Crippen LogP contribution < -0.4 is 9.64 Å². The molecule has 214 valence electrons. The lowest BCUT2D eigenvalue weighted by Gasteiger charge is -2.34. The van der Waals surface area contributed by atoms with Gasteiger partial charge in [0, 0.05) is 46.3 Å². The SMILES string of the molecule is COc1cccc([C@](O)(C(=O)N(C)CCCC2CCN(c3ccc(C(=O)N(C)C)c(Cl)n3)CC2)C(F)(F)F)c1. The zero-order valence-electron chi connectivity index (χ0n) is 22.5. The number of aliphatic hydroxyl groups is 1. The summed E-state index contributed by atoms with van der Waals surface area (Å²) in [5.74, 6) is -0.541. The number of ether oxygens (including phenoxy) is 1. The molecule has 0 aliphatic carbocycles. The Morgan fingerprint density at radius 1 is 1.15 bits per heavy atom. The summed E-state index contributed by atoms with van der Waals surface area (Å²) >= 11 is 6.24. The topological polar surface area (TPSA) is 86.2 Å². The van der Waals surface area contributed by atoms with Crippen molar-refractivity contribution in [2.24, 2.45) is 5.92 Å². The Hall–Kier alpha value is -3.05. The van der Waals surface area contributed by atoms with Gasteiger partial charge in [0.1, 0.15) is 16.7 Å². The van der Waals surface area contributed by atoms with E-state index in [1.54, 1.807) is 26.2 Å². The molecule has 1 aliphatic rings. The highest BCUT2D eigenvalue weighted by Gasteiger charge is 2.61. The number of halogens is 4. The number of pyridine rings is 1. The summed E-state index contributed by atoms with van der Waals surface area (Å²) in [5.41, 5.74) is -3.93. The van der Waals surface area contributed by atoms with E-state index in [1.165, 1.54) is 31.2 Å². The molecule has 12 heteroatoms. The van der Waals surface area contributed by atoms with Gasteiger partial charge in [-0.15, -0.1) is 0 Å². The van der Waals surface area contributed by atoms with Crippen LogP contribution in [-0.4, -0.2) is 85.8 Å². The fourth-order valence-corrected chi connectivity index (χ4v) is 4.93. The van der Waals surface area contributed by atoms with Crippen molar-refractivity contribution in [2.45, 2.75) is 37.5 Å². The molecule has 0 saturated carbocycles. The van der Waals surface area contributed by atoms with Crippen LogP contribution in [0.3, 0.4) is 0 Å². The first-order valence-electron chi connectivity index (χ1n) is 12.6. The standard InChI is InChI=1S/C27H34ClF3N4O4/c1-33(2)24(36)21-10-11-22(32-23(21)28)35-15-12-18(13-16-35)7-6-14-34(3)25(37)26(38,27(29,30)31)19-8-5-9-20(17-19)39-4/h5,8-11,17-18,38H,6-7,12-16H2,1-4H3/t26-/m0/s1. The number of methoxy groups -OCH3 is 1. The number of piperidine rings is 1. The number of anilines is 1. The molecule has 0 spiro atoms. The Morgan fingerprint density at radius 2 is 1.82 bits per heavy atom. The second kappa shape index (κ2) is 12.4. The van der Waals surface area contributed by atoms with Gasteiger partial charge in [0.05, 0.1) is 12.7 Å². The maximum Gasteiger partial charge on any atom is 0.430 e. The molecule has 2 aromatic rings. The molecule has 2 amide bonds. The third kappa shape index (κ3) is 6.75. The minimum Gasteiger partial charge on any atom is -0.497 e. The van der Waals surface area contributed by atoms with Gasteiger partial charge < -0.3 is 24.5 Å². The predicted octanol–water partition coefficient (Wildman–Crippen LogP) is 4.35. The lowest BCUT2D eigenvalue weighted by molar-refractivity contribution is -0.261. The average molecular weight is 571 g/mol. The number of carbonyl (C=O) groups excluding carboxylic acids is 2. The minimum atomic E-state index is -5.22. The molecule has 0 radical (unpaired) electrons. The Kier molecular flexibility index (Phi) is 9.71. The largest absolute Gasteiger partial charge is 0.497 e. The number of carbonyl (C=O) groups is 2. The van der Waals surface area contributed by atoms with E-state index in [0.717, 1.165) is 36.3 Å². The van der Waals surface area contributed by atoms with E-state index < -0.39 is 23.2 Å². The molecule has 1 atom stereocenters. The zero-order valence-corrected chi connectivity index (χ0v) is 23.2. The van der Waals surface area contributed by atoms with E-state index in [9.17, 15) is 27.9 Å². The molecule has 8 nitrogen and oxygen atoms in total. The first-order chi connectivity index (χ1) is 18.3. The predicted molar refractivity (Wildman–Crippen MR) is 142 cm³/mol. The molecule has 1 aliphatic heterocycles. The maximum atomic E-state index is 14.0. The van der Waals surface area contributed by atoms with Gasteiger partial charge in [-0.25, -0.2) is 4.98 Å². The van der Waals surface area contributed by atoms with Crippen molar-refractivity contribution in [2.75, 3.05) is 52.8 Å². The lowest BCUT2D eigenvalue weighted by Crippen LogP contribution is -2.55. The number of amides is 2. The molecule has 1 N–H and O–H groups in total. The molecule has 2 heterocycles. The smallest absolute Gasteiger partial charge is 0.430 e. The van der Waals surface area contributed by atoms with Gasteiger partial charge in [0.15, 0.2) is 0 Å². The third-order valence-electron chi connectivity index (χ3n) is 7.07. The van der Waals surface area contributed by atoms with E-state index in [4.69, 9.17) is 16.3 Å². The van der Waals surface area contributed by atoms with Crippen molar-refractivity contribution in [1.29, 1.82) is 0 Å². The summed E-state index contributed by atoms with van der Waals surface area (Å²) in [6, 6.07) is 8.25. The summed E-state index contributed by atoms with van der Waals surface area (Å²) in [4.78, 5) is 33.9. The fraction of sp³-hybridized carbons (Fsp3) is 0.519. The number of likely N-dealkylation sites (N-methyl/N-ethyl adjacent to an activating group) is 1. The van der Waals surface area contributed by atoms with Gasteiger partial charge in [0.2, 0.25) is 0 Å². The van der Waals surface area contributed by atoms with Crippen LogP contribution in [0.15, 0.2) is 36.4 Å². The van der Waals surface area contributed by atoms with Gasteiger partial charge in [-0.3, -0.25) is 9.59 Å². The quantitative estimate of drug-likeness (QED) is 0.451. The Morgan fingerprint density at radius 3 is 2.38 bits per heavy atom. The van der Waals surface area contributed by atoms with Crippen LogP contribution in [0.5, 0.6) is 5.75 Å². The van der Waals surface area contributed by atoms with E-state index in [1.807, 2.05) is 0 Å².